The van der Waals surface area contributed by atoms with E-state index in [9.17, 15) is 9.18 Å². The lowest BCUT2D eigenvalue weighted by Crippen LogP contribution is -2.33. The summed E-state index contributed by atoms with van der Waals surface area (Å²) >= 11 is 6.03. The molecule has 0 aromatic heterocycles. The highest BCUT2D eigenvalue weighted by Crippen LogP contribution is 2.26. The number of benzene rings is 1. The molecule has 0 aliphatic carbocycles. The van der Waals surface area contributed by atoms with Gasteiger partial charge < -0.3 is 5.11 Å². The number of aliphatic carboxylic acids is 1. The number of hydrogen-bond acceptors (Lipinski definition) is 2. The van der Waals surface area contributed by atoms with Gasteiger partial charge in [0.1, 0.15) is 5.82 Å². The summed E-state index contributed by atoms with van der Waals surface area (Å²) in [5, 5.41) is 9.18. The minimum Gasteiger partial charge on any atom is -0.481 e. The minimum absolute atomic E-state index is 0.126. The van der Waals surface area contributed by atoms with E-state index < -0.39 is 5.97 Å². The molecular weight excluding hydrogens is 269 g/mol. The van der Waals surface area contributed by atoms with Crippen molar-refractivity contribution in [2.24, 2.45) is 0 Å². The van der Waals surface area contributed by atoms with E-state index in [1.54, 1.807) is 12.1 Å². The lowest BCUT2D eigenvalue weighted by molar-refractivity contribution is -0.137. The van der Waals surface area contributed by atoms with Gasteiger partial charge in [0.05, 0.1) is 6.42 Å². The van der Waals surface area contributed by atoms with Crippen molar-refractivity contribution in [3.05, 3.63) is 34.6 Å². The van der Waals surface area contributed by atoms with E-state index >= 15 is 0 Å². The Balaban J connectivity index is 2.03. The summed E-state index contributed by atoms with van der Waals surface area (Å²) in [6.45, 7) is 1.40. The largest absolute Gasteiger partial charge is 0.481 e. The maximum absolute atomic E-state index is 13.7. The maximum atomic E-state index is 13.7. The molecule has 1 aromatic carbocycles. The molecule has 1 aliphatic heterocycles. The second kappa shape index (κ2) is 6.35. The van der Waals surface area contributed by atoms with Gasteiger partial charge in [-0.2, -0.15) is 0 Å². The SMILES string of the molecule is O=C(O)CCN1CCC[C@@H]1Cc1c(F)cccc1Cl. The van der Waals surface area contributed by atoms with Gasteiger partial charge in [0, 0.05) is 23.2 Å². The van der Waals surface area contributed by atoms with Gasteiger partial charge in [-0.05, 0) is 37.9 Å². The van der Waals surface area contributed by atoms with Crippen LogP contribution in [0.4, 0.5) is 4.39 Å². The van der Waals surface area contributed by atoms with Crippen LogP contribution in [-0.4, -0.2) is 35.1 Å². The van der Waals surface area contributed by atoms with Gasteiger partial charge in [-0.15, -0.1) is 0 Å². The van der Waals surface area contributed by atoms with Gasteiger partial charge in [-0.3, -0.25) is 9.69 Å². The fourth-order valence-corrected chi connectivity index (χ4v) is 2.86. The third-order valence-electron chi connectivity index (χ3n) is 3.61. The highest BCUT2D eigenvalue weighted by molar-refractivity contribution is 6.31. The van der Waals surface area contributed by atoms with Crippen LogP contribution in [0.3, 0.4) is 0 Å². The zero-order valence-electron chi connectivity index (χ0n) is 10.6. The van der Waals surface area contributed by atoms with Crippen molar-refractivity contribution < 1.29 is 14.3 Å². The molecule has 104 valence electrons. The molecule has 1 N–H and O–H groups in total. The molecule has 0 radical (unpaired) electrons. The Kier molecular flexibility index (Phi) is 4.77. The Bertz CT molecular complexity index is 447. The Morgan fingerprint density at radius 2 is 2.32 bits per heavy atom. The molecule has 1 fully saturated rings. The molecule has 1 aliphatic rings. The Hall–Kier alpha value is -1.13. The number of nitrogens with zero attached hydrogens (tertiary/aromatic N) is 1. The van der Waals surface area contributed by atoms with Gasteiger partial charge in [0.15, 0.2) is 0 Å². The number of rotatable bonds is 5. The van der Waals surface area contributed by atoms with Crippen molar-refractivity contribution in [1.29, 1.82) is 0 Å². The van der Waals surface area contributed by atoms with Crippen LogP contribution in [0.25, 0.3) is 0 Å². The number of carboxylic acids is 1. The lowest BCUT2D eigenvalue weighted by atomic mass is 10.0. The Morgan fingerprint density at radius 1 is 1.53 bits per heavy atom. The standard InChI is InChI=1S/C14H17ClFNO2/c15-12-4-1-5-13(16)11(12)9-10-3-2-7-17(10)8-6-14(18)19/h1,4-5,10H,2-3,6-9H2,(H,18,19)/t10-/m1/s1. The monoisotopic (exact) mass is 285 g/mol. The van der Waals surface area contributed by atoms with Crippen LogP contribution >= 0.6 is 11.6 Å². The summed E-state index contributed by atoms with van der Waals surface area (Å²) in [4.78, 5) is 12.7. The van der Waals surface area contributed by atoms with Crippen molar-refractivity contribution in [2.75, 3.05) is 13.1 Å². The molecule has 0 unspecified atom stereocenters. The molecule has 1 heterocycles. The molecule has 5 heteroatoms. The second-order valence-corrected chi connectivity index (χ2v) is 5.29. The maximum Gasteiger partial charge on any atom is 0.304 e. The summed E-state index contributed by atoms with van der Waals surface area (Å²) < 4.78 is 13.7. The molecule has 0 saturated carbocycles. The van der Waals surface area contributed by atoms with Crippen molar-refractivity contribution in [3.8, 4) is 0 Å². The van der Waals surface area contributed by atoms with Gasteiger partial charge >= 0.3 is 5.97 Å². The predicted octanol–water partition coefficient (Wildman–Crippen LogP) is 2.96. The van der Waals surface area contributed by atoms with Crippen LogP contribution in [0.1, 0.15) is 24.8 Å². The van der Waals surface area contributed by atoms with Crippen LogP contribution in [0.5, 0.6) is 0 Å². The lowest BCUT2D eigenvalue weighted by Gasteiger charge is -2.24. The number of carbonyl (C=O) groups is 1. The second-order valence-electron chi connectivity index (χ2n) is 4.88. The summed E-state index contributed by atoms with van der Waals surface area (Å²) in [5.41, 5.74) is 0.538. The quantitative estimate of drug-likeness (QED) is 0.904. The summed E-state index contributed by atoms with van der Waals surface area (Å²) in [5.74, 6) is -1.08. The van der Waals surface area contributed by atoms with Crippen molar-refractivity contribution >= 4 is 17.6 Å². The van der Waals surface area contributed by atoms with Crippen LogP contribution in [0.2, 0.25) is 5.02 Å². The third-order valence-corrected chi connectivity index (χ3v) is 3.97. The predicted molar refractivity (Wildman–Crippen MR) is 72.0 cm³/mol. The highest BCUT2D eigenvalue weighted by atomic mass is 35.5. The smallest absolute Gasteiger partial charge is 0.304 e. The van der Waals surface area contributed by atoms with E-state index in [0.29, 0.717) is 23.6 Å². The molecular formula is C14H17ClFNO2. The molecule has 0 spiro atoms. The molecule has 1 atom stereocenters. The molecule has 0 amide bonds. The first kappa shape index (κ1) is 14.3. The van der Waals surface area contributed by atoms with Crippen LogP contribution < -0.4 is 0 Å². The van der Waals surface area contributed by atoms with E-state index in [1.807, 2.05) is 0 Å². The zero-order valence-corrected chi connectivity index (χ0v) is 11.4. The molecule has 1 saturated heterocycles. The Morgan fingerprint density at radius 3 is 3.00 bits per heavy atom. The fourth-order valence-electron chi connectivity index (χ4n) is 2.62. The first-order valence-electron chi connectivity index (χ1n) is 6.46. The van der Waals surface area contributed by atoms with Gasteiger partial charge in [0.25, 0.3) is 0 Å². The van der Waals surface area contributed by atoms with Crippen LogP contribution in [0.15, 0.2) is 18.2 Å². The van der Waals surface area contributed by atoms with E-state index in [1.165, 1.54) is 6.07 Å². The summed E-state index contributed by atoms with van der Waals surface area (Å²) in [6.07, 6.45) is 2.66. The van der Waals surface area contributed by atoms with Gasteiger partial charge in [-0.25, -0.2) is 4.39 Å². The topological polar surface area (TPSA) is 40.5 Å². The van der Waals surface area contributed by atoms with E-state index in [-0.39, 0.29) is 18.3 Å². The van der Waals surface area contributed by atoms with Crippen molar-refractivity contribution in [3.63, 3.8) is 0 Å². The number of likely N-dealkylation sites (tertiary alicyclic amines) is 1. The first-order chi connectivity index (χ1) is 9.08. The minimum atomic E-state index is -0.797. The number of halogens is 2. The van der Waals surface area contributed by atoms with Crippen LogP contribution in [-0.2, 0) is 11.2 Å². The first-order valence-corrected chi connectivity index (χ1v) is 6.84. The van der Waals surface area contributed by atoms with E-state index in [0.717, 1.165) is 19.4 Å². The van der Waals surface area contributed by atoms with E-state index in [4.69, 9.17) is 16.7 Å². The molecule has 2 rings (SSSR count). The summed E-state index contributed by atoms with van der Waals surface area (Å²) in [7, 11) is 0. The van der Waals surface area contributed by atoms with Crippen molar-refractivity contribution in [1.82, 2.24) is 4.90 Å². The Labute approximate surface area is 117 Å². The molecule has 0 bridgehead atoms. The zero-order chi connectivity index (χ0) is 13.8. The molecule has 19 heavy (non-hydrogen) atoms. The average molecular weight is 286 g/mol. The molecule has 1 aromatic rings. The number of carboxylic acid groups (broad SMARTS) is 1. The summed E-state index contributed by atoms with van der Waals surface area (Å²) in [6, 6.07) is 4.89. The average Bonchev–Trinajstić information content (AvgIpc) is 2.79. The van der Waals surface area contributed by atoms with Crippen LogP contribution in [0, 0.1) is 5.82 Å². The normalized spacial score (nSPS) is 19.8. The number of hydrogen-bond donors (Lipinski definition) is 1. The molecule has 3 nitrogen and oxygen atoms in total. The van der Waals surface area contributed by atoms with Gasteiger partial charge in [0.2, 0.25) is 0 Å². The fraction of sp³-hybridized carbons (Fsp3) is 0.500. The van der Waals surface area contributed by atoms with Gasteiger partial charge in [-0.1, -0.05) is 17.7 Å². The third kappa shape index (κ3) is 3.67. The highest BCUT2D eigenvalue weighted by Gasteiger charge is 2.26. The van der Waals surface area contributed by atoms with E-state index in [2.05, 4.69) is 4.90 Å². The van der Waals surface area contributed by atoms with Crippen molar-refractivity contribution in [2.45, 2.75) is 31.7 Å².